The molecule has 8 nitrogen and oxygen atoms in total. The molecule has 0 unspecified atom stereocenters. The number of hydrogen-bond donors (Lipinski definition) is 1. The Hall–Kier alpha value is -4.01. The Bertz CT molecular complexity index is 1420. The summed E-state index contributed by atoms with van der Waals surface area (Å²) >= 11 is 0. The van der Waals surface area contributed by atoms with E-state index in [9.17, 15) is 18.8 Å². The summed E-state index contributed by atoms with van der Waals surface area (Å²) in [4.78, 5) is 49.8. The first-order valence-corrected chi connectivity index (χ1v) is 11.6. The molecule has 3 heterocycles. The molecule has 1 aromatic carbocycles. The van der Waals surface area contributed by atoms with E-state index < -0.39 is 17.2 Å². The van der Waals surface area contributed by atoms with Gasteiger partial charge in [-0.1, -0.05) is 13.8 Å². The predicted molar refractivity (Wildman–Crippen MR) is 134 cm³/mol. The van der Waals surface area contributed by atoms with Gasteiger partial charge in [-0.25, -0.2) is 14.2 Å². The average Bonchev–Trinajstić information content (AvgIpc) is 3.16. The molecule has 0 radical (unpaired) electrons. The number of amides is 2. The summed E-state index contributed by atoms with van der Waals surface area (Å²) in [6.45, 7) is 7.58. The van der Waals surface area contributed by atoms with E-state index in [0.29, 0.717) is 33.4 Å². The van der Waals surface area contributed by atoms with Crippen LogP contribution in [0.2, 0.25) is 0 Å². The van der Waals surface area contributed by atoms with Crippen molar-refractivity contribution in [3.05, 3.63) is 70.4 Å². The largest absolute Gasteiger partial charge is 0.462 e. The smallest absolute Gasteiger partial charge is 0.341 e. The summed E-state index contributed by atoms with van der Waals surface area (Å²) in [7, 11) is 3.33. The molecular formula is C27H29FN4O4. The number of hydrogen-bond acceptors (Lipinski definition) is 5. The lowest BCUT2D eigenvalue weighted by Gasteiger charge is -2.29. The van der Waals surface area contributed by atoms with Gasteiger partial charge in [0.2, 0.25) is 0 Å². The molecule has 1 aliphatic heterocycles. The second-order valence-corrected chi connectivity index (χ2v) is 9.74. The first kappa shape index (κ1) is 25.1. The van der Waals surface area contributed by atoms with Crippen LogP contribution in [0, 0.1) is 12.7 Å². The second kappa shape index (κ2) is 9.22. The van der Waals surface area contributed by atoms with Gasteiger partial charge in [-0.05, 0) is 49.2 Å². The van der Waals surface area contributed by atoms with Crippen LogP contribution in [0.25, 0.3) is 16.6 Å². The number of aromatic amines is 1. The number of ether oxygens (including phenoxy) is 1. The fourth-order valence-corrected chi connectivity index (χ4v) is 4.56. The molecule has 188 valence electrons. The monoisotopic (exact) mass is 492 g/mol. The summed E-state index contributed by atoms with van der Waals surface area (Å²) in [6, 6.07) is 5.93. The molecule has 2 aromatic heterocycles. The molecule has 4 rings (SSSR count). The highest BCUT2D eigenvalue weighted by atomic mass is 19.1. The molecular weight excluding hydrogens is 463 g/mol. The molecule has 36 heavy (non-hydrogen) atoms. The maximum Gasteiger partial charge on any atom is 0.341 e. The number of nitrogens with zero attached hydrogens (tertiary/aromatic N) is 3. The van der Waals surface area contributed by atoms with Crippen LogP contribution in [0.4, 0.5) is 4.39 Å². The van der Waals surface area contributed by atoms with Crippen molar-refractivity contribution in [2.45, 2.75) is 33.1 Å². The number of pyridine rings is 1. The number of carbonyl (C=O) groups is 3. The molecule has 0 spiro atoms. The summed E-state index contributed by atoms with van der Waals surface area (Å²) in [5.74, 6) is -1.57. The average molecular weight is 493 g/mol. The second-order valence-electron chi connectivity index (χ2n) is 9.74. The van der Waals surface area contributed by atoms with E-state index in [0.717, 1.165) is 5.56 Å². The normalized spacial score (nSPS) is 14.6. The van der Waals surface area contributed by atoms with Crippen LogP contribution in [-0.2, 0) is 14.9 Å². The third-order valence-corrected chi connectivity index (χ3v) is 6.26. The van der Waals surface area contributed by atoms with Crippen LogP contribution in [0.5, 0.6) is 0 Å². The lowest BCUT2D eigenvalue weighted by molar-refractivity contribution is -0.136. The Morgan fingerprint density at radius 1 is 1.19 bits per heavy atom. The zero-order valence-corrected chi connectivity index (χ0v) is 21.2. The van der Waals surface area contributed by atoms with Crippen LogP contribution in [0.3, 0.4) is 0 Å². The summed E-state index contributed by atoms with van der Waals surface area (Å²) in [5.41, 5.74) is 2.33. The molecule has 0 fully saturated rings. The summed E-state index contributed by atoms with van der Waals surface area (Å²) in [5, 5.41) is 0.685. The molecule has 2 amide bonds. The number of aryl methyl sites for hydroxylation is 1. The van der Waals surface area contributed by atoms with Gasteiger partial charge in [0.05, 0.1) is 23.4 Å². The van der Waals surface area contributed by atoms with Gasteiger partial charge in [-0.15, -0.1) is 0 Å². The quantitative estimate of drug-likeness (QED) is 0.555. The van der Waals surface area contributed by atoms with Gasteiger partial charge in [0, 0.05) is 49.4 Å². The summed E-state index contributed by atoms with van der Waals surface area (Å²) in [6.07, 6.45) is 2.97. The number of rotatable bonds is 4. The Morgan fingerprint density at radius 2 is 1.92 bits per heavy atom. The number of carbonyl (C=O) groups excluding carboxylic acids is 3. The first-order valence-electron chi connectivity index (χ1n) is 11.6. The van der Waals surface area contributed by atoms with Crippen molar-refractivity contribution in [3.8, 4) is 0 Å². The minimum Gasteiger partial charge on any atom is -0.462 e. The van der Waals surface area contributed by atoms with Crippen molar-refractivity contribution in [2.75, 3.05) is 27.2 Å². The number of benzene rings is 1. The lowest BCUT2D eigenvalue weighted by Crippen LogP contribution is -2.37. The maximum absolute atomic E-state index is 13.8. The van der Waals surface area contributed by atoms with E-state index in [1.807, 2.05) is 13.8 Å². The SMILES string of the molecule is CCOC(=O)C1=CN(C(=O)c2ccc(F)c(C)c2)CC(C)(C)c2c1[nH]c1ncc(C(=O)N(C)C)cc21. The molecule has 0 aliphatic carbocycles. The third-order valence-electron chi connectivity index (χ3n) is 6.26. The van der Waals surface area contributed by atoms with Gasteiger partial charge in [0.1, 0.15) is 11.5 Å². The minimum absolute atomic E-state index is 0.153. The van der Waals surface area contributed by atoms with Crippen molar-refractivity contribution in [2.24, 2.45) is 0 Å². The van der Waals surface area contributed by atoms with Crippen LogP contribution in [0.1, 0.15) is 58.3 Å². The maximum atomic E-state index is 13.8. The number of fused-ring (bicyclic) bond motifs is 3. The summed E-state index contributed by atoms with van der Waals surface area (Å²) < 4.78 is 19.2. The molecule has 9 heteroatoms. The predicted octanol–water partition coefficient (Wildman–Crippen LogP) is 4.05. The first-order chi connectivity index (χ1) is 16.9. The number of halogens is 1. The van der Waals surface area contributed by atoms with E-state index in [1.165, 1.54) is 40.4 Å². The Kier molecular flexibility index (Phi) is 6.43. The zero-order chi connectivity index (χ0) is 26.4. The van der Waals surface area contributed by atoms with Gasteiger partial charge in [0.25, 0.3) is 11.8 Å². The van der Waals surface area contributed by atoms with Crippen molar-refractivity contribution < 1.29 is 23.5 Å². The topological polar surface area (TPSA) is 95.6 Å². The van der Waals surface area contributed by atoms with Crippen LogP contribution in [0.15, 0.2) is 36.7 Å². The van der Waals surface area contributed by atoms with E-state index >= 15 is 0 Å². The highest BCUT2D eigenvalue weighted by Gasteiger charge is 2.38. The highest BCUT2D eigenvalue weighted by Crippen LogP contribution is 2.40. The number of aromatic nitrogens is 2. The van der Waals surface area contributed by atoms with Crippen molar-refractivity contribution in [1.82, 2.24) is 19.8 Å². The van der Waals surface area contributed by atoms with Gasteiger partial charge in [-0.3, -0.25) is 9.59 Å². The standard InChI is InChI=1S/C27H29FN4O4/c1-7-36-26(35)19-13-32(25(34)16-8-9-20(28)15(2)10-16)14-27(3,4)21-18-11-17(24(33)31(5)6)12-29-23(18)30-22(19)21/h8-13H,7,14H2,1-6H3,(H,29,30). The van der Waals surface area contributed by atoms with Crippen LogP contribution in [-0.4, -0.2) is 64.8 Å². The molecule has 0 saturated carbocycles. The van der Waals surface area contributed by atoms with Gasteiger partial charge in [0.15, 0.2) is 0 Å². The van der Waals surface area contributed by atoms with E-state index in [4.69, 9.17) is 4.74 Å². The number of esters is 1. The van der Waals surface area contributed by atoms with E-state index in [2.05, 4.69) is 9.97 Å². The van der Waals surface area contributed by atoms with Gasteiger partial charge >= 0.3 is 5.97 Å². The number of H-pyrrole nitrogens is 1. The molecule has 0 bridgehead atoms. The minimum atomic E-state index is -0.662. The number of nitrogens with one attached hydrogen (secondary N) is 1. The van der Waals surface area contributed by atoms with Crippen molar-refractivity contribution in [3.63, 3.8) is 0 Å². The molecule has 3 aromatic rings. The molecule has 0 atom stereocenters. The Labute approximate surface area is 208 Å². The lowest BCUT2D eigenvalue weighted by atomic mass is 9.81. The fraction of sp³-hybridized carbons (Fsp3) is 0.333. The Morgan fingerprint density at radius 3 is 2.56 bits per heavy atom. The van der Waals surface area contributed by atoms with Crippen LogP contribution < -0.4 is 0 Å². The highest BCUT2D eigenvalue weighted by molar-refractivity contribution is 6.18. The van der Waals surface area contributed by atoms with Crippen LogP contribution >= 0.6 is 0 Å². The molecule has 1 aliphatic rings. The van der Waals surface area contributed by atoms with Crippen molar-refractivity contribution in [1.29, 1.82) is 0 Å². The molecule has 1 N–H and O–H groups in total. The van der Waals surface area contributed by atoms with Gasteiger partial charge < -0.3 is 19.5 Å². The van der Waals surface area contributed by atoms with Crippen molar-refractivity contribution >= 4 is 34.4 Å². The van der Waals surface area contributed by atoms with E-state index in [-0.39, 0.29) is 30.5 Å². The molecule has 0 saturated heterocycles. The Balaban J connectivity index is 1.91. The van der Waals surface area contributed by atoms with E-state index in [1.54, 1.807) is 34.0 Å². The van der Waals surface area contributed by atoms with Gasteiger partial charge in [-0.2, -0.15) is 0 Å². The zero-order valence-electron chi connectivity index (χ0n) is 21.2. The fourth-order valence-electron chi connectivity index (χ4n) is 4.56. The third kappa shape index (κ3) is 4.36.